The first-order valence-corrected chi connectivity index (χ1v) is 9.33. The molecule has 1 amide bonds. The maximum absolute atomic E-state index is 12.1. The van der Waals surface area contributed by atoms with Gasteiger partial charge in [0.05, 0.1) is 10.6 Å². The van der Waals surface area contributed by atoms with Crippen LogP contribution in [0.25, 0.3) is 0 Å². The molecule has 0 bridgehead atoms. The highest BCUT2D eigenvalue weighted by molar-refractivity contribution is 7.98. The number of amides is 1. The van der Waals surface area contributed by atoms with Crippen LogP contribution in [-0.4, -0.2) is 31.5 Å². The summed E-state index contributed by atoms with van der Waals surface area (Å²) in [6.45, 7) is 0.0976. The molecule has 136 valence electrons. The average Bonchev–Trinajstić information content (AvgIpc) is 3.12. The van der Waals surface area contributed by atoms with Gasteiger partial charge >= 0.3 is 5.97 Å². The normalized spacial score (nSPS) is 11.9. The van der Waals surface area contributed by atoms with Crippen molar-refractivity contribution in [2.75, 3.05) is 19.7 Å². The Kier molecular flexibility index (Phi) is 5.90. The van der Waals surface area contributed by atoms with Gasteiger partial charge in [-0.15, -0.1) is 11.8 Å². The predicted molar refractivity (Wildman–Crippen MR) is 97.9 cm³/mol. The van der Waals surface area contributed by atoms with Crippen molar-refractivity contribution in [3.63, 3.8) is 0 Å². The van der Waals surface area contributed by atoms with Crippen molar-refractivity contribution in [3.8, 4) is 11.5 Å². The molecule has 3 rings (SSSR count). The molecule has 0 atom stereocenters. The van der Waals surface area contributed by atoms with E-state index in [1.165, 1.54) is 11.8 Å². The Morgan fingerprint density at radius 2 is 2.00 bits per heavy atom. The Labute approximate surface area is 159 Å². The van der Waals surface area contributed by atoms with Gasteiger partial charge in [0.2, 0.25) is 6.79 Å². The van der Waals surface area contributed by atoms with Gasteiger partial charge in [0.15, 0.2) is 18.1 Å². The molecule has 2 aromatic carbocycles. The van der Waals surface area contributed by atoms with Crippen LogP contribution in [0.2, 0.25) is 5.02 Å². The van der Waals surface area contributed by atoms with E-state index in [9.17, 15) is 9.59 Å². The average molecular weight is 394 g/mol. The van der Waals surface area contributed by atoms with E-state index in [2.05, 4.69) is 5.32 Å². The SMILES string of the molecule is CSc1ccc(Cl)c(C(=O)OCC(=O)NCc2ccc3c(c2)OCO3)c1. The van der Waals surface area contributed by atoms with E-state index in [0.717, 1.165) is 10.5 Å². The Hall–Kier alpha value is -2.38. The molecular weight excluding hydrogens is 378 g/mol. The minimum Gasteiger partial charge on any atom is -0.454 e. The van der Waals surface area contributed by atoms with Gasteiger partial charge in [0.25, 0.3) is 5.91 Å². The fraction of sp³-hybridized carbons (Fsp3) is 0.222. The molecule has 0 aromatic heterocycles. The zero-order valence-corrected chi connectivity index (χ0v) is 15.5. The van der Waals surface area contributed by atoms with E-state index < -0.39 is 11.9 Å². The molecule has 0 spiro atoms. The smallest absolute Gasteiger partial charge is 0.340 e. The first-order valence-electron chi connectivity index (χ1n) is 7.72. The summed E-state index contributed by atoms with van der Waals surface area (Å²) in [6, 6.07) is 10.5. The summed E-state index contributed by atoms with van der Waals surface area (Å²) in [5, 5.41) is 2.97. The number of carbonyl (C=O) groups is 2. The van der Waals surface area contributed by atoms with Crippen LogP contribution in [0.5, 0.6) is 11.5 Å². The van der Waals surface area contributed by atoms with Crippen molar-refractivity contribution in [1.29, 1.82) is 0 Å². The van der Waals surface area contributed by atoms with Crippen LogP contribution in [-0.2, 0) is 16.1 Å². The van der Waals surface area contributed by atoms with Gasteiger partial charge in [-0.3, -0.25) is 4.79 Å². The summed E-state index contributed by atoms with van der Waals surface area (Å²) >= 11 is 7.50. The third-order valence-corrected chi connectivity index (χ3v) is 4.71. The molecule has 6 nitrogen and oxygen atoms in total. The lowest BCUT2D eigenvalue weighted by Gasteiger charge is -2.09. The highest BCUT2D eigenvalue weighted by atomic mass is 35.5. The third kappa shape index (κ3) is 4.42. The van der Waals surface area contributed by atoms with Gasteiger partial charge < -0.3 is 19.5 Å². The summed E-state index contributed by atoms with van der Waals surface area (Å²) in [5.74, 6) is 0.280. The van der Waals surface area contributed by atoms with Crippen molar-refractivity contribution in [2.24, 2.45) is 0 Å². The first-order chi connectivity index (χ1) is 12.6. The second-order valence-corrected chi connectivity index (χ2v) is 6.67. The lowest BCUT2D eigenvalue weighted by molar-refractivity contribution is -0.124. The van der Waals surface area contributed by atoms with Gasteiger partial charge in [-0.2, -0.15) is 0 Å². The molecule has 0 fully saturated rings. The Morgan fingerprint density at radius 3 is 2.81 bits per heavy atom. The number of benzene rings is 2. The van der Waals surface area contributed by atoms with Gasteiger partial charge in [0, 0.05) is 11.4 Å². The third-order valence-electron chi connectivity index (χ3n) is 3.65. The Balaban J connectivity index is 1.50. The maximum atomic E-state index is 12.1. The van der Waals surface area contributed by atoms with Crippen LogP contribution in [0.4, 0.5) is 0 Å². The van der Waals surface area contributed by atoms with Crippen LogP contribution in [0.15, 0.2) is 41.3 Å². The monoisotopic (exact) mass is 393 g/mol. The number of hydrogen-bond donors (Lipinski definition) is 1. The molecule has 1 aliphatic heterocycles. The van der Waals surface area contributed by atoms with Crippen LogP contribution in [0, 0.1) is 0 Å². The number of carbonyl (C=O) groups excluding carboxylic acids is 2. The quantitative estimate of drug-likeness (QED) is 0.599. The minimum atomic E-state index is -0.635. The molecule has 2 aromatic rings. The standard InChI is InChI=1S/C18H16ClNO5S/c1-26-12-3-4-14(19)13(7-12)18(22)23-9-17(21)20-8-11-2-5-15-16(6-11)25-10-24-15/h2-7H,8-10H2,1H3,(H,20,21). The molecule has 0 aliphatic carbocycles. The number of rotatable bonds is 6. The zero-order valence-electron chi connectivity index (χ0n) is 13.9. The van der Waals surface area contributed by atoms with Gasteiger partial charge in [-0.1, -0.05) is 17.7 Å². The summed E-state index contributed by atoms with van der Waals surface area (Å²) in [7, 11) is 0. The lowest BCUT2D eigenvalue weighted by atomic mass is 10.2. The fourth-order valence-corrected chi connectivity index (χ4v) is 2.93. The van der Waals surface area contributed by atoms with E-state index >= 15 is 0 Å². The molecule has 8 heteroatoms. The van der Waals surface area contributed by atoms with Crippen molar-refractivity contribution < 1.29 is 23.8 Å². The Bertz CT molecular complexity index is 842. The fourth-order valence-electron chi connectivity index (χ4n) is 2.30. The number of esters is 1. The van der Waals surface area contributed by atoms with Crippen molar-refractivity contribution >= 4 is 35.2 Å². The lowest BCUT2D eigenvalue weighted by Crippen LogP contribution is -2.28. The van der Waals surface area contributed by atoms with Gasteiger partial charge in [-0.25, -0.2) is 4.79 Å². The van der Waals surface area contributed by atoms with Crippen LogP contribution < -0.4 is 14.8 Å². The predicted octanol–water partition coefficient (Wildman–Crippen LogP) is 3.26. The highest BCUT2D eigenvalue weighted by Crippen LogP contribution is 2.32. The summed E-state index contributed by atoms with van der Waals surface area (Å²) < 4.78 is 15.6. The van der Waals surface area contributed by atoms with Crippen molar-refractivity contribution in [2.45, 2.75) is 11.4 Å². The summed E-state index contributed by atoms with van der Waals surface area (Å²) in [6.07, 6.45) is 1.89. The van der Waals surface area contributed by atoms with E-state index in [1.54, 1.807) is 24.3 Å². The molecule has 0 saturated heterocycles. The number of halogens is 1. The second-order valence-electron chi connectivity index (χ2n) is 5.39. The summed E-state index contributed by atoms with van der Waals surface area (Å²) in [5.41, 5.74) is 1.09. The molecule has 0 unspecified atom stereocenters. The zero-order chi connectivity index (χ0) is 18.5. The van der Waals surface area contributed by atoms with Gasteiger partial charge in [-0.05, 0) is 42.2 Å². The highest BCUT2D eigenvalue weighted by Gasteiger charge is 2.16. The van der Waals surface area contributed by atoms with Crippen molar-refractivity contribution in [1.82, 2.24) is 5.32 Å². The molecule has 1 heterocycles. The molecule has 0 radical (unpaired) electrons. The Morgan fingerprint density at radius 1 is 1.19 bits per heavy atom. The minimum absolute atomic E-state index is 0.196. The van der Waals surface area contributed by atoms with Crippen LogP contribution in [0.1, 0.15) is 15.9 Å². The molecule has 1 N–H and O–H groups in total. The van der Waals surface area contributed by atoms with Crippen LogP contribution >= 0.6 is 23.4 Å². The number of nitrogens with one attached hydrogen (secondary N) is 1. The summed E-state index contributed by atoms with van der Waals surface area (Å²) in [4.78, 5) is 24.9. The van der Waals surface area contributed by atoms with E-state index in [0.29, 0.717) is 11.5 Å². The van der Waals surface area contributed by atoms with E-state index in [-0.39, 0.29) is 30.5 Å². The number of hydrogen-bond acceptors (Lipinski definition) is 6. The van der Waals surface area contributed by atoms with E-state index in [1.807, 2.05) is 18.4 Å². The maximum Gasteiger partial charge on any atom is 0.340 e. The largest absolute Gasteiger partial charge is 0.454 e. The number of thioether (sulfide) groups is 1. The first kappa shape index (κ1) is 18.4. The van der Waals surface area contributed by atoms with Gasteiger partial charge in [0.1, 0.15) is 0 Å². The van der Waals surface area contributed by atoms with E-state index in [4.69, 9.17) is 25.8 Å². The number of fused-ring (bicyclic) bond motifs is 1. The molecule has 26 heavy (non-hydrogen) atoms. The molecular formula is C18H16ClNO5S. The topological polar surface area (TPSA) is 73.9 Å². The number of ether oxygens (including phenoxy) is 3. The van der Waals surface area contributed by atoms with Crippen molar-refractivity contribution in [3.05, 3.63) is 52.5 Å². The molecule has 1 aliphatic rings. The molecule has 0 saturated carbocycles. The second kappa shape index (κ2) is 8.33. The van der Waals surface area contributed by atoms with Crippen LogP contribution in [0.3, 0.4) is 0 Å².